The van der Waals surface area contributed by atoms with Gasteiger partial charge in [-0.05, 0) is 12.1 Å². The average Bonchev–Trinajstić information content (AvgIpc) is 2.90. The van der Waals surface area contributed by atoms with Crippen LogP contribution in [0.5, 0.6) is 0 Å². The summed E-state index contributed by atoms with van der Waals surface area (Å²) in [4.78, 5) is 39.4. The van der Waals surface area contributed by atoms with Crippen molar-refractivity contribution in [3.05, 3.63) is 35.4 Å². The molecule has 148 valence electrons. The number of carbonyl (C=O) groups is 3. The van der Waals surface area contributed by atoms with E-state index >= 15 is 0 Å². The van der Waals surface area contributed by atoms with Gasteiger partial charge < -0.3 is 24.1 Å². The number of fused-ring (bicyclic) bond motifs is 1. The second kappa shape index (κ2) is 11.2. The van der Waals surface area contributed by atoms with Crippen molar-refractivity contribution in [2.75, 3.05) is 52.9 Å². The van der Waals surface area contributed by atoms with Gasteiger partial charge in [-0.25, -0.2) is 4.79 Å². The summed E-state index contributed by atoms with van der Waals surface area (Å²) in [7, 11) is 0. The standard InChI is InChI=1S/C17H21NO9/c19-15-13-3-1-2-4-14(13)16(20)18(15)27-12-10-25-8-6-23-5-7-24-9-11-26-17(21)22/h1-4H,5-12H2,(H,21,22). The zero-order chi connectivity index (χ0) is 19.5. The largest absolute Gasteiger partial charge is 0.505 e. The van der Waals surface area contributed by atoms with Crippen LogP contribution in [-0.2, 0) is 23.8 Å². The highest BCUT2D eigenvalue weighted by Gasteiger charge is 2.36. The number of hydrogen-bond donors (Lipinski definition) is 1. The molecule has 10 nitrogen and oxygen atoms in total. The zero-order valence-corrected chi connectivity index (χ0v) is 14.6. The molecule has 0 aromatic heterocycles. The molecular formula is C17H21NO9. The lowest BCUT2D eigenvalue weighted by Gasteiger charge is -2.13. The van der Waals surface area contributed by atoms with Crippen LogP contribution in [0.25, 0.3) is 0 Å². The quantitative estimate of drug-likeness (QED) is 0.301. The molecule has 10 heteroatoms. The van der Waals surface area contributed by atoms with Gasteiger partial charge in [0.05, 0.1) is 57.4 Å². The molecule has 0 radical (unpaired) electrons. The predicted octanol–water partition coefficient (Wildman–Crippen LogP) is 0.959. The van der Waals surface area contributed by atoms with E-state index in [1.807, 2.05) is 0 Å². The van der Waals surface area contributed by atoms with Gasteiger partial charge in [-0.3, -0.25) is 14.4 Å². The van der Waals surface area contributed by atoms with Crippen molar-refractivity contribution in [1.82, 2.24) is 5.06 Å². The lowest BCUT2D eigenvalue weighted by Crippen LogP contribution is -2.31. The monoisotopic (exact) mass is 383 g/mol. The van der Waals surface area contributed by atoms with E-state index in [1.165, 1.54) is 0 Å². The van der Waals surface area contributed by atoms with E-state index in [9.17, 15) is 14.4 Å². The van der Waals surface area contributed by atoms with Crippen molar-refractivity contribution in [2.24, 2.45) is 0 Å². The molecule has 0 saturated heterocycles. The highest BCUT2D eigenvalue weighted by Crippen LogP contribution is 2.22. The van der Waals surface area contributed by atoms with E-state index in [0.717, 1.165) is 5.06 Å². The highest BCUT2D eigenvalue weighted by molar-refractivity contribution is 6.20. The first-order chi connectivity index (χ1) is 13.1. The molecule has 0 bridgehead atoms. The molecule has 1 aromatic rings. The van der Waals surface area contributed by atoms with Gasteiger partial charge >= 0.3 is 6.16 Å². The molecule has 1 aromatic carbocycles. The maximum Gasteiger partial charge on any atom is 0.505 e. The van der Waals surface area contributed by atoms with Gasteiger partial charge in [0.15, 0.2) is 0 Å². The number of rotatable bonds is 13. The van der Waals surface area contributed by atoms with Crippen LogP contribution in [0.4, 0.5) is 4.79 Å². The number of hydroxylamine groups is 2. The van der Waals surface area contributed by atoms with Crippen molar-refractivity contribution in [3.8, 4) is 0 Å². The first kappa shape index (κ1) is 20.8. The molecule has 2 amide bonds. The van der Waals surface area contributed by atoms with Crippen LogP contribution >= 0.6 is 0 Å². The summed E-state index contributed by atoms with van der Waals surface area (Å²) in [5.41, 5.74) is 0.655. The summed E-state index contributed by atoms with van der Waals surface area (Å²) in [6.45, 7) is 1.69. The van der Waals surface area contributed by atoms with Crippen molar-refractivity contribution in [3.63, 3.8) is 0 Å². The van der Waals surface area contributed by atoms with Gasteiger partial charge in [0.1, 0.15) is 6.61 Å². The fraction of sp³-hybridized carbons (Fsp3) is 0.471. The molecule has 0 aliphatic carbocycles. The minimum Gasteiger partial charge on any atom is -0.450 e. The first-order valence-electron chi connectivity index (χ1n) is 8.31. The van der Waals surface area contributed by atoms with Crippen LogP contribution in [-0.4, -0.2) is 81.0 Å². The zero-order valence-electron chi connectivity index (χ0n) is 14.6. The van der Waals surface area contributed by atoms with E-state index in [0.29, 0.717) is 37.6 Å². The van der Waals surface area contributed by atoms with Crippen LogP contribution < -0.4 is 0 Å². The van der Waals surface area contributed by atoms with Crippen molar-refractivity contribution in [1.29, 1.82) is 0 Å². The van der Waals surface area contributed by atoms with E-state index in [2.05, 4.69) is 4.74 Å². The molecule has 27 heavy (non-hydrogen) atoms. The Morgan fingerprint density at radius 3 is 1.70 bits per heavy atom. The second-order valence-electron chi connectivity index (χ2n) is 5.23. The first-order valence-corrected chi connectivity index (χ1v) is 8.31. The van der Waals surface area contributed by atoms with E-state index < -0.39 is 18.0 Å². The topological polar surface area (TPSA) is 121 Å². The Labute approximate surface area is 155 Å². The number of imide groups is 1. The Hall–Kier alpha value is -2.53. The van der Waals surface area contributed by atoms with Gasteiger partial charge in [0.2, 0.25) is 0 Å². The molecule has 2 rings (SSSR count). The summed E-state index contributed by atoms with van der Waals surface area (Å²) < 4.78 is 19.9. The van der Waals surface area contributed by atoms with Crippen molar-refractivity contribution < 1.29 is 43.3 Å². The van der Waals surface area contributed by atoms with E-state index in [1.54, 1.807) is 24.3 Å². The summed E-state index contributed by atoms with van der Waals surface area (Å²) >= 11 is 0. The van der Waals surface area contributed by atoms with Gasteiger partial charge in [0.25, 0.3) is 11.8 Å². The Balaban J connectivity index is 1.44. The summed E-state index contributed by atoms with van der Waals surface area (Å²) in [6, 6.07) is 6.53. The molecule has 1 N–H and O–H groups in total. The lowest BCUT2D eigenvalue weighted by molar-refractivity contribution is -0.108. The smallest absolute Gasteiger partial charge is 0.450 e. The number of amides is 2. The molecule has 0 fully saturated rings. The molecular weight excluding hydrogens is 362 g/mol. The molecule has 1 aliphatic rings. The van der Waals surface area contributed by atoms with E-state index in [4.69, 9.17) is 24.2 Å². The van der Waals surface area contributed by atoms with Crippen LogP contribution in [0.15, 0.2) is 24.3 Å². The molecule has 0 spiro atoms. The Bertz CT molecular complexity index is 614. The van der Waals surface area contributed by atoms with E-state index in [-0.39, 0.29) is 26.4 Å². The van der Waals surface area contributed by atoms with Gasteiger partial charge in [-0.15, -0.1) is 5.06 Å². The van der Waals surface area contributed by atoms with Crippen molar-refractivity contribution in [2.45, 2.75) is 0 Å². The third kappa shape index (κ3) is 6.61. The summed E-state index contributed by atoms with van der Waals surface area (Å²) in [5.74, 6) is -0.958. The second-order valence-corrected chi connectivity index (χ2v) is 5.23. The number of nitrogens with zero attached hydrogens (tertiary/aromatic N) is 1. The molecule has 1 heterocycles. The maximum absolute atomic E-state index is 12.0. The Morgan fingerprint density at radius 1 is 0.778 bits per heavy atom. The average molecular weight is 383 g/mol. The number of hydrogen-bond acceptors (Lipinski definition) is 8. The fourth-order valence-electron chi connectivity index (χ4n) is 2.20. The highest BCUT2D eigenvalue weighted by atomic mass is 16.7. The lowest BCUT2D eigenvalue weighted by atomic mass is 10.1. The number of ether oxygens (including phenoxy) is 4. The van der Waals surface area contributed by atoms with Crippen molar-refractivity contribution >= 4 is 18.0 Å². The van der Waals surface area contributed by atoms with Crippen LogP contribution in [0.1, 0.15) is 20.7 Å². The third-order valence-corrected chi connectivity index (χ3v) is 3.40. The molecule has 0 unspecified atom stereocenters. The SMILES string of the molecule is O=C(O)OCCOCCOCCOCCON1C(=O)c2ccccc2C1=O. The number of carbonyl (C=O) groups excluding carboxylic acids is 2. The van der Waals surface area contributed by atoms with Crippen LogP contribution in [0, 0.1) is 0 Å². The maximum atomic E-state index is 12.0. The van der Waals surface area contributed by atoms with Crippen LogP contribution in [0.3, 0.4) is 0 Å². The van der Waals surface area contributed by atoms with Gasteiger partial charge in [-0.2, -0.15) is 0 Å². The minimum atomic E-state index is -1.33. The molecule has 0 atom stereocenters. The van der Waals surface area contributed by atoms with Gasteiger partial charge in [-0.1, -0.05) is 12.1 Å². The Morgan fingerprint density at radius 2 is 1.22 bits per heavy atom. The normalized spacial score (nSPS) is 13.1. The van der Waals surface area contributed by atoms with Gasteiger partial charge in [0, 0.05) is 0 Å². The third-order valence-electron chi connectivity index (χ3n) is 3.40. The molecule has 1 aliphatic heterocycles. The minimum absolute atomic E-state index is 0.0223. The van der Waals surface area contributed by atoms with Crippen LogP contribution in [0.2, 0.25) is 0 Å². The predicted molar refractivity (Wildman–Crippen MR) is 89.3 cm³/mol. The number of carboxylic acid groups (broad SMARTS) is 1. The summed E-state index contributed by atoms with van der Waals surface area (Å²) in [5, 5.41) is 8.99. The molecule has 0 saturated carbocycles. The Kier molecular flexibility index (Phi) is 8.65. The fourth-order valence-corrected chi connectivity index (χ4v) is 2.20. The summed E-state index contributed by atoms with van der Waals surface area (Å²) in [6.07, 6.45) is -1.33. The number of benzene rings is 1.